The predicted octanol–water partition coefficient (Wildman–Crippen LogP) is 0.475. The van der Waals surface area contributed by atoms with Crippen molar-refractivity contribution in [3.05, 3.63) is 29.6 Å². The van der Waals surface area contributed by atoms with E-state index in [9.17, 15) is 9.59 Å². The maximum atomic E-state index is 10.4. The van der Waals surface area contributed by atoms with E-state index in [1.165, 1.54) is 18.3 Å². The van der Waals surface area contributed by atoms with Gasteiger partial charge in [0, 0.05) is 28.6 Å². The molecule has 0 aliphatic heterocycles. The zero-order valence-corrected chi connectivity index (χ0v) is 7.67. The Morgan fingerprint density at radius 1 is 1.23 bits per heavy atom. The van der Waals surface area contributed by atoms with Gasteiger partial charge in [0.05, 0.1) is 5.56 Å². The Bertz CT molecular complexity index is 306. The van der Waals surface area contributed by atoms with Crippen LogP contribution in [0.2, 0.25) is 0 Å². The molecule has 13 heavy (non-hydrogen) atoms. The predicted molar refractivity (Wildman–Crippen MR) is 38.2 cm³/mol. The van der Waals surface area contributed by atoms with Crippen molar-refractivity contribution in [3.63, 3.8) is 0 Å². The number of hydrogen-bond acceptors (Lipinski definition) is 3. The van der Waals surface area contributed by atoms with E-state index >= 15 is 0 Å². The van der Waals surface area contributed by atoms with Gasteiger partial charge < -0.3 is 10.2 Å². The molecule has 0 amide bonds. The van der Waals surface area contributed by atoms with Crippen LogP contribution in [0.4, 0.5) is 0 Å². The number of pyridine rings is 1. The van der Waals surface area contributed by atoms with Crippen molar-refractivity contribution in [2.75, 3.05) is 0 Å². The van der Waals surface area contributed by atoms with Gasteiger partial charge in [-0.2, -0.15) is 0 Å². The topological polar surface area (TPSA) is 87.5 Å². The Labute approximate surface area is 88.9 Å². The van der Waals surface area contributed by atoms with E-state index in [0.717, 1.165) is 0 Å². The first-order valence-corrected chi connectivity index (χ1v) is 3.04. The van der Waals surface area contributed by atoms with Crippen molar-refractivity contribution in [3.8, 4) is 0 Å². The van der Waals surface area contributed by atoms with Crippen LogP contribution in [0.5, 0.6) is 0 Å². The molecule has 73 valence electrons. The molecule has 1 radical (unpaired) electrons. The second-order valence-corrected chi connectivity index (χ2v) is 2.01. The summed E-state index contributed by atoms with van der Waals surface area (Å²) in [7, 11) is 0. The Hall–Kier alpha value is -1.17. The van der Waals surface area contributed by atoms with Gasteiger partial charge in [0.25, 0.3) is 0 Å². The maximum Gasteiger partial charge on any atom is 0.355 e. The first-order chi connectivity index (χ1) is 5.63. The van der Waals surface area contributed by atoms with Gasteiger partial charge in [-0.1, -0.05) is 0 Å². The van der Waals surface area contributed by atoms with Crippen molar-refractivity contribution in [1.82, 2.24) is 4.98 Å². The first kappa shape index (κ1) is 11.8. The number of hydrogen-bond donors (Lipinski definition) is 2. The molecule has 0 aromatic carbocycles. The number of rotatable bonds is 2. The molecule has 0 fully saturated rings. The van der Waals surface area contributed by atoms with Gasteiger partial charge in [-0.25, -0.2) is 14.6 Å². The normalized spacial score (nSPS) is 8.62. The van der Waals surface area contributed by atoms with Crippen molar-refractivity contribution in [2.45, 2.75) is 0 Å². The maximum absolute atomic E-state index is 10.4. The largest absolute Gasteiger partial charge is 0.478 e. The second-order valence-electron chi connectivity index (χ2n) is 2.01. The summed E-state index contributed by atoms with van der Waals surface area (Å²) in [4.78, 5) is 24.2. The number of nitrogens with zero attached hydrogens (tertiary/aromatic N) is 1. The monoisotopic (exact) mass is 274 g/mol. The van der Waals surface area contributed by atoms with Crippen molar-refractivity contribution >= 4 is 11.9 Å². The molecule has 0 bridgehead atoms. The molecule has 0 saturated heterocycles. The van der Waals surface area contributed by atoms with Gasteiger partial charge in [0.1, 0.15) is 0 Å². The molecule has 0 saturated carbocycles. The summed E-state index contributed by atoms with van der Waals surface area (Å²) < 4.78 is 0. The second kappa shape index (κ2) is 4.76. The minimum Gasteiger partial charge on any atom is -0.478 e. The van der Waals surface area contributed by atoms with Crippen molar-refractivity contribution < 1.29 is 42.2 Å². The molecular weight excluding hydrogens is 270 g/mol. The molecule has 0 aliphatic carbocycles. The molecule has 2 N–H and O–H groups in total. The minimum atomic E-state index is -1.34. The van der Waals surface area contributed by atoms with Crippen LogP contribution >= 0.6 is 0 Å². The van der Waals surface area contributed by atoms with Gasteiger partial charge in [-0.3, -0.25) is 0 Å². The molecule has 0 spiro atoms. The van der Waals surface area contributed by atoms with E-state index in [2.05, 4.69) is 4.98 Å². The minimum absolute atomic E-state index is 0. The summed E-state index contributed by atoms with van der Waals surface area (Å²) in [6, 6.07) is 2.56. The molecule has 1 aromatic heterocycles. The van der Waals surface area contributed by atoms with E-state index in [1.807, 2.05) is 0 Å². The van der Waals surface area contributed by atoms with Crippen LogP contribution in [-0.4, -0.2) is 27.1 Å². The van der Waals surface area contributed by atoms with Crippen LogP contribution in [0.3, 0.4) is 0 Å². The van der Waals surface area contributed by atoms with E-state index in [1.54, 1.807) is 0 Å². The Morgan fingerprint density at radius 3 is 2.23 bits per heavy atom. The summed E-state index contributed by atoms with van der Waals surface area (Å²) in [5, 5.41) is 17.0. The van der Waals surface area contributed by atoms with E-state index in [4.69, 9.17) is 10.2 Å². The van der Waals surface area contributed by atoms with E-state index in [0.29, 0.717) is 0 Å². The summed E-state index contributed by atoms with van der Waals surface area (Å²) >= 11 is 0. The quantitative estimate of drug-likeness (QED) is 0.766. The zero-order chi connectivity index (χ0) is 9.14. The number of carbonyl (C=O) groups is 2. The van der Waals surface area contributed by atoms with Crippen LogP contribution in [-0.2, 0) is 22.4 Å². The molecule has 1 heterocycles. The molecule has 1 aromatic rings. The standard InChI is InChI=1S/C7H5NO4.Ag/c9-6(10)4-2-1-3-8-5(4)7(11)12;/h1-3H,(H,9,10)(H,11,12);. The Morgan fingerprint density at radius 2 is 1.85 bits per heavy atom. The third-order valence-corrected chi connectivity index (χ3v) is 1.24. The number of aromatic carboxylic acids is 2. The van der Waals surface area contributed by atoms with Crippen LogP contribution < -0.4 is 0 Å². The SMILES string of the molecule is O=C(O)c1cccnc1C(=O)O.[Ag]. The zero-order valence-electron chi connectivity index (χ0n) is 6.19. The van der Waals surface area contributed by atoms with E-state index in [-0.39, 0.29) is 27.9 Å². The Balaban J connectivity index is 0.00000144. The number of aromatic nitrogens is 1. The van der Waals surface area contributed by atoms with E-state index < -0.39 is 17.6 Å². The number of carboxylic acid groups (broad SMARTS) is 2. The summed E-state index contributed by atoms with van der Waals surface area (Å²) in [6.45, 7) is 0. The number of carboxylic acids is 2. The summed E-state index contributed by atoms with van der Waals surface area (Å²) in [5.74, 6) is -2.63. The molecule has 6 heteroatoms. The average molecular weight is 275 g/mol. The third kappa shape index (κ3) is 2.66. The first-order valence-electron chi connectivity index (χ1n) is 3.04. The fraction of sp³-hybridized carbons (Fsp3) is 0. The molecule has 0 atom stereocenters. The van der Waals surface area contributed by atoms with Crippen LogP contribution in [0.25, 0.3) is 0 Å². The van der Waals surface area contributed by atoms with Gasteiger partial charge >= 0.3 is 11.9 Å². The molecular formula is C7H5AgNO4. The molecule has 5 nitrogen and oxygen atoms in total. The summed E-state index contributed by atoms with van der Waals surface area (Å²) in [5.41, 5.74) is -0.741. The van der Waals surface area contributed by atoms with Crippen LogP contribution in [0.1, 0.15) is 20.8 Å². The van der Waals surface area contributed by atoms with Gasteiger partial charge in [-0.15, -0.1) is 0 Å². The molecule has 0 unspecified atom stereocenters. The fourth-order valence-electron chi connectivity index (χ4n) is 0.748. The molecule has 1 rings (SSSR count). The Kier molecular flexibility index (Phi) is 4.33. The molecule has 0 aliphatic rings. The van der Waals surface area contributed by atoms with Crippen molar-refractivity contribution in [2.24, 2.45) is 0 Å². The van der Waals surface area contributed by atoms with Crippen LogP contribution in [0.15, 0.2) is 18.3 Å². The van der Waals surface area contributed by atoms with Crippen molar-refractivity contribution in [1.29, 1.82) is 0 Å². The smallest absolute Gasteiger partial charge is 0.355 e. The fourth-order valence-corrected chi connectivity index (χ4v) is 0.748. The van der Waals surface area contributed by atoms with Gasteiger partial charge in [0.15, 0.2) is 5.69 Å². The average Bonchev–Trinajstić information content (AvgIpc) is 2.04. The summed E-state index contributed by atoms with van der Waals surface area (Å²) in [6.07, 6.45) is 1.23. The van der Waals surface area contributed by atoms with Gasteiger partial charge in [0.2, 0.25) is 0 Å². The van der Waals surface area contributed by atoms with Crippen LogP contribution in [0, 0.1) is 0 Å². The third-order valence-electron chi connectivity index (χ3n) is 1.24. The van der Waals surface area contributed by atoms with Gasteiger partial charge in [-0.05, 0) is 12.1 Å².